The fraction of sp³-hybridized carbons (Fsp3) is 0.355. The Labute approximate surface area is 266 Å². The number of phenols is 1. The zero-order valence-corrected chi connectivity index (χ0v) is 26.5. The number of anilines is 1. The molecule has 238 valence electrons. The van der Waals surface area contributed by atoms with Crippen LogP contribution in [0.1, 0.15) is 23.1 Å². The Hall–Kier alpha value is -4.40. The molecule has 7 N–H and O–H groups in total. The van der Waals surface area contributed by atoms with Crippen LogP contribution in [0.15, 0.2) is 51.7 Å². The van der Waals surface area contributed by atoms with Gasteiger partial charge in [0.05, 0.1) is 11.6 Å². The lowest BCUT2D eigenvalue weighted by atomic mass is 9.57. The number of aliphatic hydroxyl groups is 3. The summed E-state index contributed by atoms with van der Waals surface area (Å²) in [6.45, 7) is -0.209. The minimum atomic E-state index is -2.74. The molecule has 0 heterocycles. The number of amides is 2. The Balaban J connectivity index is 1.57. The third-order valence-electron chi connectivity index (χ3n) is 8.71. The van der Waals surface area contributed by atoms with Crippen LogP contribution in [0.5, 0.6) is 11.5 Å². The fourth-order valence-electron chi connectivity index (χ4n) is 6.69. The number of nitrogens with two attached hydrogens (primary N) is 1. The molecule has 0 spiro atoms. The molecule has 45 heavy (non-hydrogen) atoms. The fourth-order valence-corrected chi connectivity index (χ4v) is 6.96. The molecule has 4 atom stereocenters. The van der Waals surface area contributed by atoms with Gasteiger partial charge in [-0.3, -0.25) is 19.3 Å². The summed E-state index contributed by atoms with van der Waals surface area (Å²) in [6, 6.07) is 7.06. The van der Waals surface area contributed by atoms with E-state index in [2.05, 4.69) is 21.2 Å². The van der Waals surface area contributed by atoms with Crippen molar-refractivity contribution in [1.29, 1.82) is 0 Å². The standard InChI is InChI=1S/C31H33BrN4O9/c1-35(2)19-11-14(12-34-30(43)45-16-7-5-15(32)6-8-16)24(37)21-17(19)9-13-10-18-23(36(3)4)26(39)22(29(33)42)28(41)31(18,44)27(40)20(13)25(21)38/h5-8,11,13,18,23,37-38,41,44H,9-10,12H2,1-4H3,(H2,33,42)(H,34,43)/t13-,18-,23-,31-/m1/s1. The molecule has 1 fully saturated rings. The van der Waals surface area contributed by atoms with Crippen molar-refractivity contribution in [2.24, 2.45) is 17.6 Å². The summed E-state index contributed by atoms with van der Waals surface area (Å²) in [5, 5.41) is 48.4. The number of Topliss-reactive ketones (excluding diaryl/α,β-unsaturated/α-hetero) is 2. The second-order valence-corrected chi connectivity index (χ2v) is 12.7. The van der Waals surface area contributed by atoms with Crippen LogP contribution >= 0.6 is 15.9 Å². The number of aliphatic hydroxyl groups excluding tert-OH is 2. The summed E-state index contributed by atoms with van der Waals surface area (Å²) in [7, 11) is 6.59. The Morgan fingerprint density at radius 1 is 1.11 bits per heavy atom. The Morgan fingerprint density at radius 3 is 2.33 bits per heavy atom. The number of ketones is 2. The number of fused-ring (bicyclic) bond motifs is 3. The highest BCUT2D eigenvalue weighted by Gasteiger charge is 2.64. The van der Waals surface area contributed by atoms with Crippen LogP contribution in [0.2, 0.25) is 0 Å². The molecule has 0 bridgehead atoms. The van der Waals surface area contributed by atoms with Crippen molar-refractivity contribution in [1.82, 2.24) is 10.2 Å². The predicted molar refractivity (Wildman–Crippen MR) is 166 cm³/mol. The van der Waals surface area contributed by atoms with Crippen molar-refractivity contribution in [3.05, 3.63) is 68.4 Å². The van der Waals surface area contributed by atoms with Gasteiger partial charge < -0.3 is 41.1 Å². The summed E-state index contributed by atoms with van der Waals surface area (Å²) in [5.41, 5.74) is 2.72. The molecule has 0 aromatic heterocycles. The summed E-state index contributed by atoms with van der Waals surface area (Å²) in [6.07, 6.45) is -0.687. The van der Waals surface area contributed by atoms with Gasteiger partial charge >= 0.3 is 6.09 Å². The van der Waals surface area contributed by atoms with Crippen LogP contribution in [-0.2, 0) is 27.3 Å². The summed E-state index contributed by atoms with van der Waals surface area (Å²) >= 11 is 3.31. The van der Waals surface area contributed by atoms with Crippen LogP contribution in [0.25, 0.3) is 5.76 Å². The largest absolute Gasteiger partial charge is 0.508 e. The van der Waals surface area contributed by atoms with E-state index >= 15 is 0 Å². The van der Waals surface area contributed by atoms with E-state index in [0.717, 1.165) is 4.47 Å². The molecule has 2 aromatic rings. The molecule has 0 aliphatic heterocycles. The van der Waals surface area contributed by atoms with E-state index in [-0.39, 0.29) is 41.8 Å². The van der Waals surface area contributed by atoms with Crippen LogP contribution in [0, 0.1) is 11.8 Å². The van der Waals surface area contributed by atoms with Crippen molar-refractivity contribution in [3.63, 3.8) is 0 Å². The maximum atomic E-state index is 14.1. The van der Waals surface area contributed by atoms with E-state index < -0.39 is 69.9 Å². The van der Waals surface area contributed by atoms with E-state index in [0.29, 0.717) is 11.3 Å². The van der Waals surface area contributed by atoms with Crippen LogP contribution in [0.3, 0.4) is 0 Å². The highest BCUT2D eigenvalue weighted by molar-refractivity contribution is 9.10. The lowest BCUT2D eigenvalue weighted by Crippen LogP contribution is -2.65. The number of benzene rings is 2. The lowest BCUT2D eigenvalue weighted by molar-refractivity contribution is -0.153. The van der Waals surface area contributed by atoms with Gasteiger partial charge in [-0.2, -0.15) is 0 Å². The molecule has 14 heteroatoms. The molecule has 0 saturated heterocycles. The van der Waals surface area contributed by atoms with E-state index in [4.69, 9.17) is 10.5 Å². The van der Waals surface area contributed by atoms with Crippen LogP contribution in [-0.4, -0.2) is 88.7 Å². The second-order valence-electron chi connectivity index (χ2n) is 11.8. The predicted octanol–water partition coefficient (Wildman–Crippen LogP) is 2.08. The lowest BCUT2D eigenvalue weighted by Gasteiger charge is -2.50. The van der Waals surface area contributed by atoms with Crippen molar-refractivity contribution in [2.75, 3.05) is 33.1 Å². The van der Waals surface area contributed by atoms with Gasteiger partial charge in [0, 0.05) is 47.9 Å². The Bertz CT molecular complexity index is 1700. The highest BCUT2D eigenvalue weighted by atomic mass is 79.9. The number of carbonyl (C=O) groups is 4. The minimum Gasteiger partial charge on any atom is -0.508 e. The summed E-state index contributed by atoms with van der Waals surface area (Å²) in [5.74, 6) is -7.00. The van der Waals surface area contributed by atoms with E-state index in [1.54, 1.807) is 63.4 Å². The smallest absolute Gasteiger partial charge is 0.412 e. The van der Waals surface area contributed by atoms with Gasteiger partial charge in [-0.1, -0.05) is 15.9 Å². The van der Waals surface area contributed by atoms with E-state index in [9.17, 15) is 39.6 Å². The first-order valence-electron chi connectivity index (χ1n) is 14.0. The average Bonchev–Trinajstić information content (AvgIpc) is 2.95. The quantitative estimate of drug-likeness (QED) is 0.243. The second kappa shape index (κ2) is 11.5. The molecule has 1 saturated carbocycles. The summed E-state index contributed by atoms with van der Waals surface area (Å²) in [4.78, 5) is 55.3. The first-order valence-corrected chi connectivity index (χ1v) is 14.8. The number of nitrogens with zero attached hydrogens (tertiary/aromatic N) is 2. The number of likely N-dealkylation sites (N-methyl/N-ethyl adjacent to an activating group) is 1. The van der Waals surface area contributed by atoms with Crippen molar-refractivity contribution >= 4 is 50.9 Å². The van der Waals surface area contributed by atoms with E-state index in [1.807, 2.05) is 0 Å². The van der Waals surface area contributed by atoms with Gasteiger partial charge in [-0.25, -0.2) is 4.79 Å². The SMILES string of the molecule is CN(C)c1cc(CNC(=O)Oc2ccc(Br)cc2)c(O)c2c1C[C@@H]1C[C@@H]3[C@@H](N(C)C)C(=O)C(C(N)=O)=C(O)[C@]3(O)C(=O)C1=C2O. The summed E-state index contributed by atoms with van der Waals surface area (Å²) < 4.78 is 6.08. The maximum absolute atomic E-state index is 14.1. The number of carbonyl (C=O) groups excluding carboxylic acids is 4. The number of nitrogens with one attached hydrogen (secondary N) is 1. The third-order valence-corrected chi connectivity index (χ3v) is 9.23. The molecule has 2 aromatic carbocycles. The van der Waals surface area contributed by atoms with Crippen molar-refractivity contribution in [2.45, 2.75) is 31.0 Å². The molecule has 3 aliphatic rings. The number of rotatable bonds is 6. The molecule has 0 unspecified atom stereocenters. The first-order chi connectivity index (χ1) is 21.1. The zero-order valence-electron chi connectivity index (χ0n) is 24.9. The maximum Gasteiger partial charge on any atom is 0.412 e. The molecular formula is C31H33BrN4O9. The minimum absolute atomic E-state index is 0.0232. The van der Waals surface area contributed by atoms with Gasteiger partial charge in [-0.05, 0) is 68.8 Å². The number of hydrogen-bond acceptors (Lipinski definition) is 11. The van der Waals surface area contributed by atoms with Crippen molar-refractivity contribution < 1.29 is 44.3 Å². The van der Waals surface area contributed by atoms with Gasteiger partial charge in [-0.15, -0.1) is 0 Å². The Morgan fingerprint density at radius 2 is 1.76 bits per heavy atom. The number of ether oxygens (including phenoxy) is 1. The van der Waals surface area contributed by atoms with Gasteiger partial charge in [0.25, 0.3) is 5.91 Å². The van der Waals surface area contributed by atoms with Crippen LogP contribution in [0.4, 0.5) is 10.5 Å². The normalized spacial score (nSPS) is 24.2. The molecule has 5 rings (SSSR count). The number of phenolic OH excluding ortho intramolecular Hbond substituents is 1. The Kier molecular flexibility index (Phi) is 8.19. The number of hydrogen-bond donors (Lipinski definition) is 6. The van der Waals surface area contributed by atoms with Crippen LogP contribution < -0.4 is 20.7 Å². The number of aromatic hydroxyl groups is 1. The molecule has 2 amide bonds. The first kappa shape index (κ1) is 32.0. The van der Waals surface area contributed by atoms with Gasteiger partial charge in [0.2, 0.25) is 5.78 Å². The molecule has 0 radical (unpaired) electrons. The topological polar surface area (TPSA) is 203 Å². The number of primary amides is 1. The molecule has 3 aliphatic carbocycles. The highest BCUT2D eigenvalue weighted by Crippen LogP contribution is 2.54. The van der Waals surface area contributed by atoms with Crippen molar-refractivity contribution in [3.8, 4) is 11.5 Å². The number of halogens is 1. The monoisotopic (exact) mass is 684 g/mol. The van der Waals surface area contributed by atoms with Gasteiger partial charge in [0.1, 0.15) is 28.6 Å². The molecular weight excluding hydrogens is 652 g/mol. The van der Waals surface area contributed by atoms with Gasteiger partial charge in [0.15, 0.2) is 11.4 Å². The van der Waals surface area contributed by atoms with E-state index in [1.165, 1.54) is 4.90 Å². The third kappa shape index (κ3) is 5.12. The zero-order chi connectivity index (χ0) is 33.1. The average molecular weight is 686 g/mol. The molecule has 13 nitrogen and oxygen atoms in total.